The van der Waals surface area contributed by atoms with Gasteiger partial charge in [0, 0.05) is 17.1 Å². The summed E-state index contributed by atoms with van der Waals surface area (Å²) in [5.41, 5.74) is -0.504. The predicted octanol–water partition coefficient (Wildman–Crippen LogP) is 4.63. The molecule has 0 bridgehead atoms. The molecule has 1 N–H and O–H groups in total. The Morgan fingerprint density at radius 2 is 1.90 bits per heavy atom. The van der Waals surface area contributed by atoms with Crippen molar-refractivity contribution in [1.82, 2.24) is 9.78 Å². The molecule has 150 valence electrons. The van der Waals surface area contributed by atoms with Gasteiger partial charge in [0.05, 0.1) is 10.4 Å². The van der Waals surface area contributed by atoms with E-state index in [-0.39, 0.29) is 16.4 Å². The van der Waals surface area contributed by atoms with Gasteiger partial charge in [0.1, 0.15) is 11.2 Å². The quantitative estimate of drug-likeness (QED) is 0.491. The molecule has 0 radical (unpaired) electrons. The van der Waals surface area contributed by atoms with E-state index in [1.54, 1.807) is 32.9 Å². The van der Waals surface area contributed by atoms with Crippen molar-refractivity contribution in [3.8, 4) is 0 Å². The van der Waals surface area contributed by atoms with Gasteiger partial charge in [0.15, 0.2) is 5.15 Å². The van der Waals surface area contributed by atoms with Crippen molar-refractivity contribution in [2.75, 3.05) is 5.32 Å². The zero-order valence-corrected chi connectivity index (χ0v) is 16.6. The zero-order valence-electron chi connectivity index (χ0n) is 15.8. The lowest BCUT2D eigenvalue weighted by molar-refractivity contribution is -0.385. The molecule has 0 atom stereocenters. The number of nitrogens with zero attached hydrogens (tertiary/aromatic N) is 3. The molecule has 10 heteroatoms. The molecule has 2 aromatic carbocycles. The van der Waals surface area contributed by atoms with Gasteiger partial charge < -0.3 is 10.1 Å². The highest BCUT2D eigenvalue weighted by molar-refractivity contribution is 6.34. The number of fused-ring (bicyclic) bond motifs is 1. The molecular formula is C19H17ClN4O5. The largest absolute Gasteiger partial charge is 0.442 e. The average Bonchev–Trinajstić information content (AvgIpc) is 2.96. The summed E-state index contributed by atoms with van der Waals surface area (Å²) in [6.45, 7) is 5.16. The normalized spacial score (nSPS) is 11.3. The molecule has 3 aromatic rings. The summed E-state index contributed by atoms with van der Waals surface area (Å²) in [6, 6.07) is 10.2. The number of nitrogens with one attached hydrogen (secondary N) is 1. The first kappa shape index (κ1) is 20.3. The fourth-order valence-electron chi connectivity index (χ4n) is 2.62. The van der Waals surface area contributed by atoms with E-state index >= 15 is 0 Å². The average molecular weight is 417 g/mol. The van der Waals surface area contributed by atoms with Crippen LogP contribution in [-0.4, -0.2) is 32.3 Å². The van der Waals surface area contributed by atoms with Crippen LogP contribution < -0.4 is 5.32 Å². The van der Waals surface area contributed by atoms with Gasteiger partial charge in [-0.1, -0.05) is 23.7 Å². The molecule has 0 saturated heterocycles. The van der Waals surface area contributed by atoms with E-state index < -0.39 is 22.5 Å². The van der Waals surface area contributed by atoms with Gasteiger partial charge in [0.25, 0.3) is 11.6 Å². The molecule has 1 aromatic heterocycles. The standard InChI is InChI=1S/C19H17ClN4O5/c1-19(2,3)29-18(26)23-15-10-11(8-9-12(15)16(20)22-23)21-17(25)13-6-4-5-7-14(13)24(27)28/h4-10H,1-3H3,(H,21,25). The van der Waals surface area contributed by atoms with E-state index in [0.717, 1.165) is 4.68 Å². The van der Waals surface area contributed by atoms with Gasteiger partial charge in [-0.05, 0) is 45.0 Å². The maximum atomic E-state index is 12.5. The summed E-state index contributed by atoms with van der Waals surface area (Å²) in [7, 11) is 0. The molecule has 0 unspecified atom stereocenters. The van der Waals surface area contributed by atoms with Crippen molar-refractivity contribution in [2.24, 2.45) is 0 Å². The number of hydrogen-bond acceptors (Lipinski definition) is 6. The Hall–Kier alpha value is -3.46. The number of ether oxygens (including phenoxy) is 1. The molecule has 0 spiro atoms. The highest BCUT2D eigenvalue weighted by Crippen LogP contribution is 2.27. The van der Waals surface area contributed by atoms with Gasteiger partial charge in [-0.3, -0.25) is 14.9 Å². The Morgan fingerprint density at radius 3 is 2.55 bits per heavy atom. The number of carbonyl (C=O) groups excluding carboxylic acids is 2. The Morgan fingerprint density at radius 1 is 1.21 bits per heavy atom. The van der Waals surface area contributed by atoms with E-state index in [1.807, 2.05) is 0 Å². The minimum Gasteiger partial charge on any atom is -0.442 e. The van der Waals surface area contributed by atoms with Crippen LogP contribution in [0.2, 0.25) is 5.15 Å². The molecule has 1 heterocycles. The number of benzene rings is 2. The number of amides is 1. The van der Waals surface area contributed by atoms with Gasteiger partial charge in [-0.2, -0.15) is 4.68 Å². The van der Waals surface area contributed by atoms with Crippen LogP contribution in [0.4, 0.5) is 16.2 Å². The number of carbonyl (C=O) groups is 2. The van der Waals surface area contributed by atoms with Crippen LogP contribution in [0.1, 0.15) is 31.1 Å². The number of hydrogen-bond donors (Lipinski definition) is 1. The first-order valence-electron chi connectivity index (χ1n) is 8.53. The smallest absolute Gasteiger partial charge is 0.435 e. The van der Waals surface area contributed by atoms with Gasteiger partial charge in [0.2, 0.25) is 0 Å². The summed E-state index contributed by atoms with van der Waals surface area (Å²) in [6.07, 6.45) is -0.725. The monoisotopic (exact) mass is 416 g/mol. The molecule has 0 fully saturated rings. The number of rotatable bonds is 3. The van der Waals surface area contributed by atoms with E-state index in [1.165, 1.54) is 30.3 Å². The highest BCUT2D eigenvalue weighted by Gasteiger charge is 2.23. The maximum Gasteiger partial charge on any atom is 0.435 e. The number of para-hydroxylation sites is 1. The first-order valence-corrected chi connectivity index (χ1v) is 8.91. The summed E-state index contributed by atoms with van der Waals surface area (Å²) < 4.78 is 6.32. The summed E-state index contributed by atoms with van der Waals surface area (Å²) >= 11 is 6.10. The fourth-order valence-corrected chi connectivity index (χ4v) is 2.86. The van der Waals surface area contributed by atoms with Crippen molar-refractivity contribution < 1.29 is 19.2 Å². The number of nitro groups is 1. The summed E-state index contributed by atoms with van der Waals surface area (Å²) in [5, 5.41) is 18.3. The van der Waals surface area contributed by atoms with Gasteiger partial charge >= 0.3 is 6.09 Å². The number of anilines is 1. The van der Waals surface area contributed by atoms with Crippen molar-refractivity contribution in [3.63, 3.8) is 0 Å². The fraction of sp³-hybridized carbons (Fsp3) is 0.211. The molecule has 1 amide bonds. The summed E-state index contributed by atoms with van der Waals surface area (Å²) in [5.74, 6) is -0.661. The van der Waals surface area contributed by atoms with Gasteiger partial charge in [-0.15, -0.1) is 5.10 Å². The number of aromatic nitrogens is 2. The van der Waals surface area contributed by atoms with Crippen LogP contribution >= 0.6 is 11.6 Å². The van der Waals surface area contributed by atoms with Crippen LogP contribution in [0.5, 0.6) is 0 Å². The molecule has 3 rings (SSSR count). The second-order valence-corrected chi connectivity index (χ2v) is 7.50. The minimum absolute atomic E-state index is 0.0868. The van der Waals surface area contributed by atoms with Crippen LogP contribution in [-0.2, 0) is 4.74 Å². The van der Waals surface area contributed by atoms with Crippen LogP contribution in [0.25, 0.3) is 10.9 Å². The Labute approximate surface area is 170 Å². The van der Waals surface area contributed by atoms with Crippen molar-refractivity contribution >= 4 is 45.9 Å². The molecule has 0 aliphatic rings. The maximum absolute atomic E-state index is 12.5. The third-order valence-corrected chi connectivity index (χ3v) is 4.08. The minimum atomic E-state index is -0.736. The third kappa shape index (κ3) is 4.35. The second kappa shape index (κ2) is 7.51. The van der Waals surface area contributed by atoms with E-state index in [9.17, 15) is 19.7 Å². The van der Waals surface area contributed by atoms with Gasteiger partial charge in [-0.25, -0.2) is 4.79 Å². The van der Waals surface area contributed by atoms with Crippen LogP contribution in [0.15, 0.2) is 42.5 Å². The molecule has 9 nitrogen and oxygen atoms in total. The topological polar surface area (TPSA) is 116 Å². The van der Waals surface area contributed by atoms with Crippen molar-refractivity contribution in [3.05, 3.63) is 63.3 Å². The molecule has 0 aliphatic heterocycles. The van der Waals surface area contributed by atoms with E-state index in [0.29, 0.717) is 16.6 Å². The van der Waals surface area contributed by atoms with Crippen LogP contribution in [0, 0.1) is 10.1 Å². The molecule has 0 saturated carbocycles. The Kier molecular flexibility index (Phi) is 5.25. The lowest BCUT2D eigenvalue weighted by atomic mass is 10.1. The first-order chi connectivity index (χ1) is 13.6. The van der Waals surface area contributed by atoms with Crippen LogP contribution in [0.3, 0.4) is 0 Å². The molecular weight excluding hydrogens is 400 g/mol. The van der Waals surface area contributed by atoms with Crippen molar-refractivity contribution in [1.29, 1.82) is 0 Å². The zero-order chi connectivity index (χ0) is 21.3. The second-order valence-electron chi connectivity index (χ2n) is 7.14. The Balaban J connectivity index is 1.96. The lowest BCUT2D eigenvalue weighted by Gasteiger charge is -2.19. The van der Waals surface area contributed by atoms with E-state index in [2.05, 4.69) is 10.4 Å². The molecule has 0 aliphatic carbocycles. The lowest BCUT2D eigenvalue weighted by Crippen LogP contribution is -2.27. The predicted molar refractivity (Wildman–Crippen MR) is 107 cm³/mol. The highest BCUT2D eigenvalue weighted by atomic mass is 35.5. The summed E-state index contributed by atoms with van der Waals surface area (Å²) in [4.78, 5) is 35.5. The Bertz CT molecular complexity index is 1130. The third-order valence-electron chi connectivity index (χ3n) is 3.81. The SMILES string of the molecule is CC(C)(C)OC(=O)n1nc(Cl)c2ccc(NC(=O)c3ccccc3[N+](=O)[O-])cc21. The number of nitro benzene ring substituents is 1. The number of halogens is 1. The van der Waals surface area contributed by atoms with Crippen molar-refractivity contribution in [2.45, 2.75) is 26.4 Å². The van der Waals surface area contributed by atoms with E-state index in [4.69, 9.17) is 16.3 Å². The molecule has 29 heavy (non-hydrogen) atoms.